The van der Waals surface area contributed by atoms with Gasteiger partial charge in [0.05, 0.1) is 11.4 Å². The van der Waals surface area contributed by atoms with E-state index in [1.165, 1.54) is 5.56 Å². The molecule has 0 fully saturated rings. The second kappa shape index (κ2) is 6.29. The summed E-state index contributed by atoms with van der Waals surface area (Å²) in [6.07, 6.45) is 4.35. The van der Waals surface area contributed by atoms with Crippen molar-refractivity contribution in [3.05, 3.63) is 53.6 Å². The summed E-state index contributed by atoms with van der Waals surface area (Å²) >= 11 is 0. The number of phenolic OH excluding ortho intramolecular Hbond substituents is 1. The molecule has 4 nitrogen and oxygen atoms in total. The molecule has 0 saturated carbocycles. The van der Waals surface area contributed by atoms with Crippen LogP contribution < -0.4 is 5.32 Å². The molecule has 0 bridgehead atoms. The molecule has 0 aliphatic carbocycles. The van der Waals surface area contributed by atoms with Crippen LogP contribution in [0.15, 0.2) is 36.7 Å². The number of aromatic nitrogens is 2. The van der Waals surface area contributed by atoms with Gasteiger partial charge in [0.25, 0.3) is 0 Å². The van der Waals surface area contributed by atoms with Crippen LogP contribution in [0.1, 0.15) is 29.9 Å². The minimum Gasteiger partial charge on any atom is -0.508 e. The maximum Gasteiger partial charge on any atom is 0.115 e. The third kappa shape index (κ3) is 3.76. The van der Waals surface area contributed by atoms with Crippen molar-refractivity contribution >= 4 is 0 Å². The van der Waals surface area contributed by atoms with Gasteiger partial charge < -0.3 is 10.4 Å². The largest absolute Gasteiger partial charge is 0.508 e. The van der Waals surface area contributed by atoms with E-state index in [-0.39, 0.29) is 6.04 Å². The number of phenols is 1. The minimum absolute atomic E-state index is 0.186. The normalized spacial score (nSPS) is 12.3. The molecular weight excluding hydrogens is 238 g/mol. The highest BCUT2D eigenvalue weighted by Gasteiger charge is 2.09. The third-order valence-electron chi connectivity index (χ3n) is 3.13. The summed E-state index contributed by atoms with van der Waals surface area (Å²) in [5, 5.41) is 12.7. The van der Waals surface area contributed by atoms with E-state index in [4.69, 9.17) is 0 Å². The third-order valence-corrected chi connectivity index (χ3v) is 3.13. The Balaban J connectivity index is 1.86. The van der Waals surface area contributed by atoms with Crippen LogP contribution in [0.4, 0.5) is 0 Å². The van der Waals surface area contributed by atoms with Gasteiger partial charge in [-0.3, -0.25) is 9.97 Å². The molecule has 19 heavy (non-hydrogen) atoms. The van der Waals surface area contributed by atoms with Gasteiger partial charge in [-0.05, 0) is 44.5 Å². The zero-order valence-electron chi connectivity index (χ0n) is 11.3. The van der Waals surface area contributed by atoms with Crippen LogP contribution >= 0.6 is 0 Å². The van der Waals surface area contributed by atoms with Gasteiger partial charge >= 0.3 is 0 Å². The van der Waals surface area contributed by atoms with Crippen molar-refractivity contribution in [2.75, 3.05) is 6.54 Å². The first kappa shape index (κ1) is 13.5. The fourth-order valence-corrected chi connectivity index (χ4v) is 2.04. The van der Waals surface area contributed by atoms with Gasteiger partial charge in [-0.1, -0.05) is 12.1 Å². The Morgan fingerprint density at radius 3 is 2.53 bits per heavy atom. The second-order valence-electron chi connectivity index (χ2n) is 4.62. The van der Waals surface area contributed by atoms with Crippen LogP contribution in [0.25, 0.3) is 0 Å². The molecule has 4 heteroatoms. The molecule has 1 aromatic carbocycles. The predicted octanol–water partition coefficient (Wildman–Crippen LogP) is 2.38. The van der Waals surface area contributed by atoms with E-state index in [0.29, 0.717) is 5.75 Å². The molecule has 2 rings (SSSR count). The van der Waals surface area contributed by atoms with Crippen LogP contribution in [-0.4, -0.2) is 21.6 Å². The lowest BCUT2D eigenvalue weighted by Crippen LogP contribution is -2.23. The lowest BCUT2D eigenvalue weighted by atomic mass is 10.1. The molecule has 1 atom stereocenters. The van der Waals surface area contributed by atoms with Crippen molar-refractivity contribution in [3.8, 4) is 5.75 Å². The summed E-state index contributed by atoms with van der Waals surface area (Å²) in [7, 11) is 0. The van der Waals surface area contributed by atoms with Crippen molar-refractivity contribution in [3.63, 3.8) is 0 Å². The Kier molecular flexibility index (Phi) is 4.47. The van der Waals surface area contributed by atoms with E-state index in [1.807, 2.05) is 19.1 Å². The van der Waals surface area contributed by atoms with Gasteiger partial charge in [0.1, 0.15) is 5.75 Å². The average Bonchev–Trinajstić information content (AvgIpc) is 2.41. The Labute approximate surface area is 113 Å². The molecule has 0 aliphatic heterocycles. The Morgan fingerprint density at radius 1 is 1.16 bits per heavy atom. The van der Waals surface area contributed by atoms with E-state index in [2.05, 4.69) is 22.2 Å². The van der Waals surface area contributed by atoms with E-state index in [0.717, 1.165) is 24.4 Å². The minimum atomic E-state index is 0.186. The van der Waals surface area contributed by atoms with Gasteiger partial charge in [-0.15, -0.1) is 0 Å². The van der Waals surface area contributed by atoms with Gasteiger partial charge in [0.2, 0.25) is 0 Å². The van der Waals surface area contributed by atoms with E-state index in [9.17, 15) is 5.11 Å². The molecule has 1 heterocycles. The lowest BCUT2D eigenvalue weighted by molar-refractivity contribution is 0.475. The van der Waals surface area contributed by atoms with E-state index in [1.54, 1.807) is 24.5 Å². The molecule has 2 N–H and O–H groups in total. The zero-order valence-corrected chi connectivity index (χ0v) is 11.3. The molecular formula is C15H19N3O. The number of nitrogens with zero attached hydrogens (tertiary/aromatic N) is 2. The number of aryl methyl sites for hydroxylation is 1. The highest BCUT2D eigenvalue weighted by atomic mass is 16.3. The molecule has 100 valence electrons. The smallest absolute Gasteiger partial charge is 0.115 e. The number of aromatic hydroxyl groups is 1. The van der Waals surface area contributed by atoms with Crippen molar-refractivity contribution in [1.29, 1.82) is 0 Å². The highest BCUT2D eigenvalue weighted by Crippen LogP contribution is 2.12. The van der Waals surface area contributed by atoms with Gasteiger partial charge in [0, 0.05) is 18.4 Å². The number of hydrogen-bond acceptors (Lipinski definition) is 4. The van der Waals surface area contributed by atoms with Crippen molar-refractivity contribution in [2.24, 2.45) is 0 Å². The van der Waals surface area contributed by atoms with Crippen molar-refractivity contribution in [2.45, 2.75) is 26.3 Å². The zero-order chi connectivity index (χ0) is 13.7. The fraction of sp³-hybridized carbons (Fsp3) is 0.333. The summed E-state index contributed by atoms with van der Waals surface area (Å²) in [5.74, 6) is 0.306. The highest BCUT2D eigenvalue weighted by molar-refractivity contribution is 5.26. The number of benzene rings is 1. The van der Waals surface area contributed by atoms with Gasteiger partial charge in [0.15, 0.2) is 0 Å². The maximum atomic E-state index is 9.22. The summed E-state index contributed by atoms with van der Waals surface area (Å²) in [6, 6.07) is 7.49. The number of rotatable bonds is 5. The molecule has 0 aliphatic rings. The Hall–Kier alpha value is -1.94. The SMILES string of the molecule is Cc1nccnc1C(C)NCCc1ccc(O)cc1. The maximum absolute atomic E-state index is 9.22. The van der Waals surface area contributed by atoms with Crippen LogP contribution in [-0.2, 0) is 6.42 Å². The fourth-order valence-electron chi connectivity index (χ4n) is 2.04. The van der Waals surface area contributed by atoms with Crippen LogP contribution in [0.2, 0.25) is 0 Å². The first-order valence-electron chi connectivity index (χ1n) is 6.45. The molecule has 0 radical (unpaired) electrons. The Bertz CT molecular complexity index is 525. The van der Waals surface area contributed by atoms with Crippen molar-refractivity contribution < 1.29 is 5.11 Å². The van der Waals surface area contributed by atoms with Gasteiger partial charge in [-0.25, -0.2) is 0 Å². The quantitative estimate of drug-likeness (QED) is 0.863. The van der Waals surface area contributed by atoms with Crippen LogP contribution in [0.3, 0.4) is 0 Å². The van der Waals surface area contributed by atoms with Crippen LogP contribution in [0.5, 0.6) is 5.75 Å². The molecule has 0 spiro atoms. The summed E-state index contributed by atoms with van der Waals surface area (Å²) in [6.45, 7) is 4.93. The standard InChI is InChI=1S/C15H19N3O/c1-11(15-12(2)17-9-10-18-15)16-8-7-13-3-5-14(19)6-4-13/h3-6,9-11,16,19H,7-8H2,1-2H3. The summed E-state index contributed by atoms with van der Waals surface area (Å²) in [4.78, 5) is 8.60. The molecule has 1 aromatic heterocycles. The topological polar surface area (TPSA) is 58.0 Å². The average molecular weight is 257 g/mol. The van der Waals surface area contributed by atoms with Gasteiger partial charge in [-0.2, -0.15) is 0 Å². The molecule has 2 aromatic rings. The lowest BCUT2D eigenvalue weighted by Gasteiger charge is -2.14. The molecule has 0 amide bonds. The monoisotopic (exact) mass is 257 g/mol. The van der Waals surface area contributed by atoms with Crippen LogP contribution in [0, 0.1) is 6.92 Å². The Morgan fingerprint density at radius 2 is 1.84 bits per heavy atom. The number of nitrogens with one attached hydrogen (secondary N) is 1. The second-order valence-corrected chi connectivity index (χ2v) is 4.62. The summed E-state index contributed by atoms with van der Waals surface area (Å²) < 4.78 is 0. The molecule has 1 unspecified atom stereocenters. The first-order valence-corrected chi connectivity index (χ1v) is 6.45. The van der Waals surface area contributed by atoms with E-state index >= 15 is 0 Å². The van der Waals surface area contributed by atoms with Crippen molar-refractivity contribution in [1.82, 2.24) is 15.3 Å². The molecule has 0 saturated heterocycles. The summed E-state index contributed by atoms with van der Waals surface area (Å²) in [5.41, 5.74) is 3.16. The number of hydrogen-bond donors (Lipinski definition) is 2. The van der Waals surface area contributed by atoms with E-state index < -0.39 is 0 Å². The predicted molar refractivity (Wildman–Crippen MR) is 75.0 cm³/mol. The first-order chi connectivity index (χ1) is 9.16.